The number of carboxylic acids is 4. The van der Waals surface area contributed by atoms with Crippen molar-refractivity contribution >= 4 is 51.5 Å². The molecule has 1 N–H and O–H groups in total. The monoisotopic (exact) mass is 584 g/mol. The molecule has 0 saturated carbocycles. The third kappa shape index (κ3) is 10.8. The van der Waals surface area contributed by atoms with Crippen LogP contribution in [-0.2, 0) is 25.6 Å². The zero-order valence-corrected chi connectivity index (χ0v) is 23.0. The van der Waals surface area contributed by atoms with E-state index >= 15 is 0 Å². The molecule has 1 saturated heterocycles. The molecule has 12 heteroatoms. The van der Waals surface area contributed by atoms with Gasteiger partial charge in [0, 0.05) is 55.2 Å². The number of anilines is 1. The van der Waals surface area contributed by atoms with E-state index in [1.165, 1.54) is 21.9 Å². The molecule has 0 aliphatic carbocycles. The first-order chi connectivity index (χ1) is 20.6. The zero-order chi connectivity index (χ0) is 31.2. The molecule has 0 radical (unpaired) electrons. The second kappa shape index (κ2) is 16.1. The first-order valence-electron chi connectivity index (χ1n) is 13.2. The summed E-state index contributed by atoms with van der Waals surface area (Å²) in [6.45, 7) is 5.38. The maximum Gasteiger partial charge on any atom is 0.129 e. The molecule has 0 unspecified atom stereocenters. The normalized spacial score (nSPS) is 13.3. The summed E-state index contributed by atoms with van der Waals surface area (Å²) in [5.74, 6) is -5.09. The summed E-state index contributed by atoms with van der Waals surface area (Å²) in [6.07, 6.45) is 4.80. The average Bonchev–Trinajstić information content (AvgIpc) is 3.42. The van der Waals surface area contributed by atoms with Gasteiger partial charge in [-0.05, 0) is 60.6 Å². The van der Waals surface area contributed by atoms with Gasteiger partial charge in [0.15, 0.2) is 0 Å². The van der Waals surface area contributed by atoms with Gasteiger partial charge in [-0.1, -0.05) is 36.4 Å². The molecule has 43 heavy (non-hydrogen) atoms. The molecule has 3 heterocycles. The van der Waals surface area contributed by atoms with Gasteiger partial charge < -0.3 is 49.5 Å². The van der Waals surface area contributed by atoms with Crippen molar-refractivity contribution in [3.8, 4) is 0 Å². The lowest BCUT2D eigenvalue weighted by molar-refractivity contribution is -0.301. The van der Waals surface area contributed by atoms with Crippen LogP contribution in [0, 0.1) is 0 Å². The van der Waals surface area contributed by atoms with Crippen molar-refractivity contribution in [2.24, 2.45) is 0 Å². The number of pyridine rings is 1. The zero-order valence-electron chi connectivity index (χ0n) is 23.0. The van der Waals surface area contributed by atoms with Gasteiger partial charge in [0.1, 0.15) is 5.82 Å². The molecule has 5 rings (SSSR count). The number of rotatable bonds is 8. The Morgan fingerprint density at radius 2 is 1.28 bits per heavy atom. The van der Waals surface area contributed by atoms with Gasteiger partial charge in [-0.15, -0.1) is 0 Å². The molecule has 2 aromatic carbocycles. The van der Waals surface area contributed by atoms with Crippen molar-refractivity contribution in [1.82, 2.24) is 14.9 Å². The second-order valence-electron chi connectivity index (χ2n) is 9.24. The number of nitrogens with zero attached hydrogens (tertiary/aromatic N) is 3. The smallest absolute Gasteiger partial charge is 0.129 e. The van der Waals surface area contributed by atoms with E-state index in [2.05, 4.69) is 81.6 Å². The molecule has 0 atom stereocenters. The molecular formula is C31H28N4O8-4. The Balaban J connectivity index is 0.000000263. The Labute approximate surface area is 246 Å². The molecular weight excluding hydrogens is 556 g/mol. The number of nitrogens with one attached hydrogen (secondary N) is 1. The lowest BCUT2D eigenvalue weighted by Gasteiger charge is -2.35. The molecule has 2 aromatic heterocycles. The van der Waals surface area contributed by atoms with Crippen LogP contribution < -0.4 is 25.3 Å². The van der Waals surface area contributed by atoms with E-state index in [0.717, 1.165) is 50.5 Å². The maximum absolute atomic E-state index is 9.41. The van der Waals surface area contributed by atoms with E-state index in [1.807, 2.05) is 0 Å². The Bertz CT molecular complexity index is 1550. The number of carbonyl (C=O) groups excluding carboxylic acids is 4. The third-order valence-corrected chi connectivity index (χ3v) is 6.36. The van der Waals surface area contributed by atoms with E-state index in [9.17, 15) is 39.6 Å². The van der Waals surface area contributed by atoms with Crippen LogP contribution in [0.15, 0.2) is 91.2 Å². The summed E-state index contributed by atoms with van der Waals surface area (Å²) in [7, 11) is 0. The summed E-state index contributed by atoms with van der Waals surface area (Å²) in [5, 5.41) is 40.2. The van der Waals surface area contributed by atoms with E-state index < -0.39 is 23.9 Å². The predicted octanol–water partition coefficient (Wildman–Crippen LogP) is -1.83. The average molecular weight is 585 g/mol. The van der Waals surface area contributed by atoms with E-state index in [1.54, 1.807) is 0 Å². The van der Waals surface area contributed by atoms with Crippen LogP contribution in [0.4, 0.5) is 5.82 Å². The van der Waals surface area contributed by atoms with Crippen molar-refractivity contribution in [2.45, 2.75) is 6.42 Å². The lowest BCUT2D eigenvalue weighted by Crippen LogP contribution is -2.47. The number of piperazine rings is 1. The summed E-state index contributed by atoms with van der Waals surface area (Å²) < 4.78 is 0. The Morgan fingerprint density at radius 3 is 1.88 bits per heavy atom. The number of para-hydroxylation sites is 2. The SMILES string of the molecule is O=C([O-])C=CC(=O)[O-].O=C([O-])C=CC(=O)[O-].c1ccc2nc(N3CCN(CCc4c[nH]c5ccccc45)CC3)ccc2c1. The molecule has 0 amide bonds. The Hall–Kier alpha value is -5.49. The summed E-state index contributed by atoms with van der Waals surface area (Å²) in [6, 6.07) is 21.2. The number of benzene rings is 2. The number of carboxylic acid groups (broad SMARTS) is 4. The topological polar surface area (TPSA) is 196 Å². The van der Waals surface area contributed by atoms with Crippen LogP contribution in [0.25, 0.3) is 21.8 Å². The number of aliphatic carboxylic acids is 4. The van der Waals surface area contributed by atoms with Crippen LogP contribution in [0.1, 0.15) is 5.56 Å². The van der Waals surface area contributed by atoms with Crippen LogP contribution in [0.2, 0.25) is 0 Å². The highest BCUT2D eigenvalue weighted by Gasteiger charge is 2.18. The predicted molar refractivity (Wildman–Crippen MR) is 151 cm³/mol. The van der Waals surface area contributed by atoms with Crippen LogP contribution in [-0.4, -0.2) is 71.5 Å². The number of H-pyrrole nitrogens is 1. The number of carbonyl (C=O) groups is 4. The molecule has 224 valence electrons. The first-order valence-corrected chi connectivity index (χ1v) is 13.2. The fraction of sp³-hybridized carbons (Fsp3) is 0.194. The van der Waals surface area contributed by atoms with E-state index in [-0.39, 0.29) is 0 Å². The van der Waals surface area contributed by atoms with Gasteiger partial charge in [0.25, 0.3) is 0 Å². The standard InChI is InChI=1S/C23H24N4.2C4H4O4/c1-3-7-21-18(5-1)9-10-23(25-21)27-15-13-26(14-16-27)12-11-19-17-24-22-8-4-2-6-20(19)22;2*5-3(6)1-2-4(7)8/h1-10,17,24H,11-16H2;2*1-2H,(H,5,6)(H,7,8)/p-4. The van der Waals surface area contributed by atoms with Gasteiger partial charge in [0.2, 0.25) is 0 Å². The highest BCUT2D eigenvalue weighted by atomic mass is 16.4. The molecule has 0 bridgehead atoms. The van der Waals surface area contributed by atoms with Crippen LogP contribution >= 0.6 is 0 Å². The maximum atomic E-state index is 9.41. The number of aromatic nitrogens is 2. The number of hydrogen-bond donors (Lipinski definition) is 1. The van der Waals surface area contributed by atoms with Crippen molar-refractivity contribution < 1.29 is 39.6 Å². The molecule has 1 aliphatic rings. The van der Waals surface area contributed by atoms with Crippen molar-refractivity contribution in [2.75, 3.05) is 37.6 Å². The molecule has 0 spiro atoms. The van der Waals surface area contributed by atoms with Crippen LogP contribution in [0.5, 0.6) is 0 Å². The number of fused-ring (bicyclic) bond motifs is 2. The van der Waals surface area contributed by atoms with Crippen molar-refractivity contribution in [1.29, 1.82) is 0 Å². The fourth-order valence-electron chi connectivity index (χ4n) is 4.32. The minimum Gasteiger partial charge on any atom is -0.545 e. The third-order valence-electron chi connectivity index (χ3n) is 6.36. The fourth-order valence-corrected chi connectivity index (χ4v) is 4.32. The van der Waals surface area contributed by atoms with Gasteiger partial charge in [-0.3, -0.25) is 4.90 Å². The molecule has 1 aliphatic heterocycles. The Morgan fingerprint density at radius 1 is 0.721 bits per heavy atom. The lowest BCUT2D eigenvalue weighted by atomic mass is 10.1. The highest BCUT2D eigenvalue weighted by molar-refractivity contribution is 5.88. The molecule has 1 fully saturated rings. The second-order valence-corrected chi connectivity index (χ2v) is 9.24. The molecule has 4 aromatic rings. The van der Waals surface area contributed by atoms with Gasteiger partial charge in [-0.25, -0.2) is 4.98 Å². The number of hydrogen-bond acceptors (Lipinski definition) is 11. The van der Waals surface area contributed by atoms with Crippen molar-refractivity contribution in [3.63, 3.8) is 0 Å². The summed E-state index contributed by atoms with van der Waals surface area (Å²) in [5.41, 5.74) is 3.74. The number of aromatic amines is 1. The van der Waals surface area contributed by atoms with E-state index in [4.69, 9.17) is 4.98 Å². The van der Waals surface area contributed by atoms with Gasteiger partial charge in [0.05, 0.1) is 29.4 Å². The minimum atomic E-state index is -1.55. The highest BCUT2D eigenvalue weighted by Crippen LogP contribution is 2.21. The largest absolute Gasteiger partial charge is 0.545 e. The molecule has 12 nitrogen and oxygen atoms in total. The van der Waals surface area contributed by atoms with E-state index in [0.29, 0.717) is 24.3 Å². The summed E-state index contributed by atoms with van der Waals surface area (Å²) >= 11 is 0. The van der Waals surface area contributed by atoms with Crippen molar-refractivity contribution in [3.05, 3.63) is 96.7 Å². The van der Waals surface area contributed by atoms with Gasteiger partial charge >= 0.3 is 0 Å². The quantitative estimate of drug-likeness (QED) is 0.229. The van der Waals surface area contributed by atoms with Gasteiger partial charge in [-0.2, -0.15) is 0 Å². The minimum absolute atomic E-state index is 0.384. The Kier molecular flexibility index (Phi) is 12.0. The van der Waals surface area contributed by atoms with Crippen LogP contribution in [0.3, 0.4) is 0 Å². The summed E-state index contributed by atoms with van der Waals surface area (Å²) in [4.78, 5) is 50.9. The first kappa shape index (κ1) is 32.0.